The van der Waals surface area contributed by atoms with Crippen LogP contribution in [0.25, 0.3) is 0 Å². The van der Waals surface area contributed by atoms with Crippen LogP contribution in [0.4, 0.5) is 0 Å². The second-order valence-corrected chi connectivity index (χ2v) is 6.17. The zero-order valence-electron chi connectivity index (χ0n) is 11.8. The number of ether oxygens (including phenoxy) is 1. The first-order valence-electron chi connectivity index (χ1n) is 6.76. The van der Waals surface area contributed by atoms with Gasteiger partial charge in [-0.05, 0) is 45.0 Å². The summed E-state index contributed by atoms with van der Waals surface area (Å²) in [6, 6.07) is 7.32. The molecule has 0 saturated carbocycles. The van der Waals surface area contributed by atoms with Crippen molar-refractivity contribution in [3.8, 4) is 5.75 Å². The molecule has 0 aliphatic carbocycles. The van der Waals surface area contributed by atoms with Crippen molar-refractivity contribution in [1.82, 2.24) is 4.90 Å². The summed E-state index contributed by atoms with van der Waals surface area (Å²) in [6.07, 6.45) is 0.956. The van der Waals surface area contributed by atoms with Crippen molar-refractivity contribution in [2.75, 3.05) is 19.7 Å². The number of halogens is 1. The van der Waals surface area contributed by atoms with Gasteiger partial charge in [-0.1, -0.05) is 17.7 Å². The number of hydrogen-bond donors (Lipinski definition) is 1. The van der Waals surface area contributed by atoms with Gasteiger partial charge in [0.1, 0.15) is 11.3 Å². The Labute approximate surface area is 124 Å². The maximum atomic E-state index is 11.2. The van der Waals surface area contributed by atoms with E-state index in [1.54, 1.807) is 26.0 Å². The maximum absolute atomic E-state index is 11.2. The maximum Gasteiger partial charge on any atom is 0.323 e. The fourth-order valence-electron chi connectivity index (χ4n) is 2.38. The third kappa shape index (κ3) is 3.44. The molecule has 1 fully saturated rings. The number of hydrogen-bond acceptors (Lipinski definition) is 3. The molecule has 0 bridgehead atoms. The van der Waals surface area contributed by atoms with Crippen molar-refractivity contribution in [1.29, 1.82) is 0 Å². The second-order valence-electron chi connectivity index (χ2n) is 5.73. The minimum atomic E-state index is -0.815. The van der Waals surface area contributed by atoms with E-state index in [4.69, 9.17) is 16.3 Å². The molecule has 1 N–H and O–H groups in total. The Kier molecular flexibility index (Phi) is 4.55. The molecule has 1 atom stereocenters. The Morgan fingerprint density at radius 1 is 1.55 bits per heavy atom. The minimum Gasteiger partial charge on any atom is -0.493 e. The molecular formula is C15H20ClNO3. The van der Waals surface area contributed by atoms with Gasteiger partial charge in [0, 0.05) is 17.5 Å². The third-order valence-electron chi connectivity index (χ3n) is 3.88. The van der Waals surface area contributed by atoms with Crippen LogP contribution < -0.4 is 4.74 Å². The number of carbonyl (C=O) groups is 1. The van der Waals surface area contributed by atoms with E-state index < -0.39 is 11.5 Å². The first kappa shape index (κ1) is 15.1. The van der Waals surface area contributed by atoms with Crippen molar-refractivity contribution in [2.24, 2.45) is 5.92 Å². The lowest BCUT2D eigenvalue weighted by atomic mass is 10.0. The molecule has 1 aliphatic rings. The number of likely N-dealkylation sites (tertiary alicyclic amines) is 1. The van der Waals surface area contributed by atoms with Crippen LogP contribution in [0.1, 0.15) is 20.3 Å². The molecule has 110 valence electrons. The van der Waals surface area contributed by atoms with Crippen molar-refractivity contribution in [2.45, 2.75) is 25.8 Å². The van der Waals surface area contributed by atoms with Gasteiger partial charge in [0.25, 0.3) is 0 Å². The zero-order chi connectivity index (χ0) is 14.8. The van der Waals surface area contributed by atoms with Gasteiger partial charge < -0.3 is 9.84 Å². The lowest BCUT2D eigenvalue weighted by molar-refractivity contribution is -0.148. The monoisotopic (exact) mass is 297 g/mol. The van der Waals surface area contributed by atoms with E-state index in [-0.39, 0.29) is 0 Å². The van der Waals surface area contributed by atoms with Crippen LogP contribution in [0.15, 0.2) is 24.3 Å². The van der Waals surface area contributed by atoms with Crippen LogP contribution in [-0.4, -0.2) is 41.2 Å². The molecule has 0 radical (unpaired) electrons. The van der Waals surface area contributed by atoms with Gasteiger partial charge >= 0.3 is 5.97 Å². The first-order chi connectivity index (χ1) is 9.39. The molecule has 1 aliphatic heterocycles. The largest absolute Gasteiger partial charge is 0.493 e. The smallest absolute Gasteiger partial charge is 0.323 e. The van der Waals surface area contributed by atoms with E-state index in [2.05, 4.69) is 0 Å². The van der Waals surface area contributed by atoms with Crippen molar-refractivity contribution in [3.05, 3.63) is 29.3 Å². The summed E-state index contributed by atoms with van der Waals surface area (Å²) in [6.45, 7) is 5.63. The topological polar surface area (TPSA) is 49.8 Å². The van der Waals surface area contributed by atoms with E-state index >= 15 is 0 Å². The second kappa shape index (κ2) is 6.02. The van der Waals surface area contributed by atoms with E-state index in [0.717, 1.165) is 25.3 Å². The summed E-state index contributed by atoms with van der Waals surface area (Å²) in [4.78, 5) is 13.2. The quantitative estimate of drug-likeness (QED) is 0.908. The molecule has 0 amide bonds. The van der Waals surface area contributed by atoms with Gasteiger partial charge in [-0.15, -0.1) is 0 Å². The van der Waals surface area contributed by atoms with Crippen LogP contribution in [0.5, 0.6) is 5.75 Å². The fraction of sp³-hybridized carbons (Fsp3) is 0.533. The molecule has 0 aromatic heterocycles. The zero-order valence-corrected chi connectivity index (χ0v) is 12.6. The molecule has 0 spiro atoms. The van der Waals surface area contributed by atoms with Crippen LogP contribution in [0.2, 0.25) is 5.02 Å². The van der Waals surface area contributed by atoms with Gasteiger partial charge in [0.2, 0.25) is 0 Å². The van der Waals surface area contributed by atoms with E-state index in [0.29, 0.717) is 17.5 Å². The highest BCUT2D eigenvalue weighted by atomic mass is 35.5. The molecule has 2 rings (SSSR count). The van der Waals surface area contributed by atoms with Gasteiger partial charge in [-0.3, -0.25) is 9.69 Å². The Morgan fingerprint density at radius 2 is 2.30 bits per heavy atom. The number of nitrogens with zero attached hydrogens (tertiary/aromatic N) is 1. The van der Waals surface area contributed by atoms with Gasteiger partial charge in [0.15, 0.2) is 0 Å². The summed E-state index contributed by atoms with van der Waals surface area (Å²) < 4.78 is 5.73. The predicted molar refractivity (Wildman–Crippen MR) is 78.3 cm³/mol. The minimum absolute atomic E-state index is 0.354. The molecule has 1 aromatic rings. The Morgan fingerprint density at radius 3 is 2.95 bits per heavy atom. The molecule has 1 aromatic carbocycles. The summed E-state index contributed by atoms with van der Waals surface area (Å²) in [5.74, 6) is 0.329. The molecule has 1 saturated heterocycles. The number of carboxylic acid groups (broad SMARTS) is 1. The first-order valence-corrected chi connectivity index (χ1v) is 7.14. The van der Waals surface area contributed by atoms with Crippen LogP contribution in [0.3, 0.4) is 0 Å². The van der Waals surface area contributed by atoms with Crippen LogP contribution in [0, 0.1) is 5.92 Å². The van der Waals surface area contributed by atoms with E-state index in [1.807, 2.05) is 17.0 Å². The van der Waals surface area contributed by atoms with Crippen molar-refractivity contribution < 1.29 is 14.6 Å². The number of aliphatic carboxylic acids is 1. The van der Waals surface area contributed by atoms with Crippen molar-refractivity contribution in [3.63, 3.8) is 0 Å². The lowest BCUT2D eigenvalue weighted by Crippen LogP contribution is -2.49. The Balaban J connectivity index is 1.86. The molecule has 0 unspecified atom stereocenters. The van der Waals surface area contributed by atoms with E-state index in [9.17, 15) is 9.90 Å². The van der Waals surface area contributed by atoms with Crippen LogP contribution in [-0.2, 0) is 4.79 Å². The number of carboxylic acids is 1. The molecule has 4 nitrogen and oxygen atoms in total. The molecule has 5 heteroatoms. The van der Waals surface area contributed by atoms with Crippen LogP contribution >= 0.6 is 11.6 Å². The highest BCUT2D eigenvalue weighted by molar-refractivity contribution is 6.30. The molecular weight excluding hydrogens is 278 g/mol. The Bertz CT molecular complexity index is 490. The molecule has 20 heavy (non-hydrogen) atoms. The fourth-order valence-corrected chi connectivity index (χ4v) is 2.56. The molecule has 1 heterocycles. The summed E-state index contributed by atoms with van der Waals surface area (Å²) in [5.41, 5.74) is -0.815. The highest BCUT2D eigenvalue weighted by Crippen LogP contribution is 2.26. The highest BCUT2D eigenvalue weighted by Gasteiger charge is 2.39. The van der Waals surface area contributed by atoms with Gasteiger partial charge in [-0.2, -0.15) is 0 Å². The normalized spacial score (nSPS) is 20.1. The summed E-state index contributed by atoms with van der Waals surface area (Å²) >= 11 is 5.90. The third-order valence-corrected chi connectivity index (χ3v) is 4.12. The standard InChI is InChI=1S/C15H20ClNO3/c1-15(2,14(18)19)17-7-6-11(9-17)10-20-13-5-3-4-12(16)8-13/h3-5,8,11H,6-7,9-10H2,1-2H3,(H,18,19)/t11-/m1/s1. The van der Waals surface area contributed by atoms with E-state index in [1.165, 1.54) is 0 Å². The van der Waals surface area contributed by atoms with Gasteiger partial charge in [0.05, 0.1) is 6.61 Å². The Hall–Kier alpha value is -1.26. The summed E-state index contributed by atoms with van der Waals surface area (Å²) in [7, 11) is 0. The average molecular weight is 298 g/mol. The van der Waals surface area contributed by atoms with Crippen molar-refractivity contribution >= 4 is 17.6 Å². The number of rotatable bonds is 5. The lowest BCUT2D eigenvalue weighted by Gasteiger charge is -2.31. The van der Waals surface area contributed by atoms with Gasteiger partial charge in [-0.25, -0.2) is 0 Å². The average Bonchev–Trinajstić information content (AvgIpc) is 2.85. The summed E-state index contributed by atoms with van der Waals surface area (Å²) in [5, 5.41) is 9.89. The predicted octanol–water partition coefficient (Wildman–Crippen LogP) is 2.90. The SMILES string of the molecule is CC(C)(C(=O)O)N1CC[C@@H](COc2cccc(Cl)c2)C1. The number of benzene rings is 1.